The number of hydrogen-bond acceptors (Lipinski definition) is 4. The van der Waals surface area contributed by atoms with Crippen molar-refractivity contribution < 1.29 is 15.0 Å². The summed E-state index contributed by atoms with van der Waals surface area (Å²) in [5, 5.41) is 22.7. The first-order valence-corrected chi connectivity index (χ1v) is 6.67. The number of benzene rings is 1. The van der Waals surface area contributed by atoms with Crippen molar-refractivity contribution in [2.24, 2.45) is 22.9 Å². The second kappa shape index (κ2) is 5.00. The number of fused-ring (bicyclic) bond motifs is 2. The third-order valence-electron chi connectivity index (χ3n) is 3.99. The topological polar surface area (TPSA) is 81.9 Å². The van der Waals surface area contributed by atoms with Gasteiger partial charge in [-0.3, -0.25) is 4.79 Å². The molecular weight excluding hydrogens is 256 g/mol. The van der Waals surface area contributed by atoms with Gasteiger partial charge in [-0.15, -0.1) is 0 Å². The summed E-state index contributed by atoms with van der Waals surface area (Å²) in [4.78, 5) is 11.8. The molecule has 5 nitrogen and oxygen atoms in total. The van der Waals surface area contributed by atoms with Gasteiger partial charge in [-0.25, -0.2) is 5.43 Å². The summed E-state index contributed by atoms with van der Waals surface area (Å²) in [6.45, 7) is 0. The van der Waals surface area contributed by atoms with E-state index in [0.717, 1.165) is 12.5 Å². The Morgan fingerprint density at radius 2 is 2.15 bits per heavy atom. The molecule has 1 aromatic carbocycles. The molecule has 104 valence electrons. The van der Waals surface area contributed by atoms with Crippen molar-refractivity contribution in [3.05, 3.63) is 35.9 Å². The zero-order valence-electron chi connectivity index (χ0n) is 10.9. The average molecular weight is 272 g/mol. The maximum absolute atomic E-state index is 11.8. The van der Waals surface area contributed by atoms with Crippen LogP contribution in [0.25, 0.3) is 0 Å². The molecule has 20 heavy (non-hydrogen) atoms. The van der Waals surface area contributed by atoms with E-state index in [-0.39, 0.29) is 17.1 Å². The summed E-state index contributed by atoms with van der Waals surface area (Å²) in [5.41, 5.74) is 2.50. The van der Waals surface area contributed by atoms with Crippen molar-refractivity contribution in [1.29, 1.82) is 0 Å². The van der Waals surface area contributed by atoms with Crippen molar-refractivity contribution in [1.82, 2.24) is 5.43 Å². The Balaban J connectivity index is 1.60. The molecule has 0 heterocycles. The van der Waals surface area contributed by atoms with Gasteiger partial charge in [0, 0.05) is 18.2 Å². The van der Waals surface area contributed by atoms with Gasteiger partial charge in [0.15, 0.2) is 0 Å². The van der Waals surface area contributed by atoms with Gasteiger partial charge in [-0.05, 0) is 36.8 Å². The quantitative estimate of drug-likeness (QED) is 0.447. The second-order valence-corrected chi connectivity index (χ2v) is 5.36. The van der Waals surface area contributed by atoms with Crippen LogP contribution in [0.1, 0.15) is 23.2 Å². The first kappa shape index (κ1) is 12.7. The highest BCUT2D eigenvalue weighted by Gasteiger charge is 2.34. The number of nitrogens with one attached hydrogen (secondary N) is 1. The van der Waals surface area contributed by atoms with Crippen LogP contribution in [0, 0.1) is 17.8 Å². The van der Waals surface area contributed by atoms with E-state index in [9.17, 15) is 15.0 Å². The highest BCUT2D eigenvalue weighted by molar-refractivity contribution is 5.97. The van der Waals surface area contributed by atoms with Crippen LogP contribution < -0.4 is 5.43 Å². The predicted octanol–water partition coefficient (Wildman–Crippen LogP) is 2.03. The highest BCUT2D eigenvalue weighted by atomic mass is 16.3. The molecule has 3 unspecified atom stereocenters. The number of amides is 1. The van der Waals surface area contributed by atoms with Crippen molar-refractivity contribution in [3.63, 3.8) is 0 Å². The molecule has 2 bridgehead atoms. The van der Waals surface area contributed by atoms with E-state index < -0.39 is 5.91 Å². The van der Waals surface area contributed by atoms with Crippen LogP contribution in [0.3, 0.4) is 0 Å². The number of phenolic OH excluding ortho intramolecular Hbond substituents is 2. The smallest absolute Gasteiger partial charge is 0.275 e. The van der Waals surface area contributed by atoms with E-state index in [1.54, 1.807) is 6.21 Å². The van der Waals surface area contributed by atoms with E-state index in [4.69, 9.17) is 0 Å². The Hall–Kier alpha value is -2.30. The van der Waals surface area contributed by atoms with Crippen LogP contribution >= 0.6 is 0 Å². The summed E-state index contributed by atoms with van der Waals surface area (Å²) >= 11 is 0. The number of nitrogens with zero attached hydrogens (tertiary/aromatic N) is 1. The standard InChI is InChI=1S/C15H16N2O3/c18-12-3-4-13(14(19)7-12)15(20)17-16-8-11-6-9-1-2-10(11)5-9/h1-4,7-11,18-19H,5-6H2,(H,17,20)/b16-8+. The molecule has 3 N–H and O–H groups in total. The molecule has 0 spiro atoms. The Morgan fingerprint density at radius 1 is 1.30 bits per heavy atom. The number of hydrazone groups is 1. The average Bonchev–Trinajstić information content (AvgIpc) is 3.00. The van der Waals surface area contributed by atoms with Crippen molar-refractivity contribution >= 4 is 12.1 Å². The molecule has 1 amide bonds. The third-order valence-corrected chi connectivity index (χ3v) is 3.99. The summed E-state index contributed by atoms with van der Waals surface area (Å²) in [5.74, 6) is 0.754. The zero-order chi connectivity index (χ0) is 14.1. The summed E-state index contributed by atoms with van der Waals surface area (Å²) in [6, 6.07) is 3.83. The monoisotopic (exact) mass is 272 g/mol. The molecule has 1 aromatic rings. The van der Waals surface area contributed by atoms with Crippen molar-refractivity contribution in [3.8, 4) is 11.5 Å². The van der Waals surface area contributed by atoms with Crippen molar-refractivity contribution in [2.75, 3.05) is 0 Å². The number of carbonyl (C=O) groups excluding carboxylic acids is 1. The third kappa shape index (κ3) is 2.39. The fourth-order valence-corrected chi connectivity index (χ4v) is 2.96. The number of hydrogen-bond donors (Lipinski definition) is 3. The minimum absolute atomic E-state index is 0.0867. The predicted molar refractivity (Wildman–Crippen MR) is 74.6 cm³/mol. The SMILES string of the molecule is O=C(N/N=C/C1CC2C=CC1C2)c1ccc(O)cc1O. The van der Waals surface area contributed by atoms with Crippen LogP contribution in [0.4, 0.5) is 0 Å². The van der Waals surface area contributed by atoms with Gasteiger partial charge in [0.25, 0.3) is 5.91 Å². The van der Waals surface area contributed by atoms with Crippen LogP contribution in [0.2, 0.25) is 0 Å². The zero-order valence-corrected chi connectivity index (χ0v) is 10.9. The molecule has 3 rings (SSSR count). The van der Waals surface area contributed by atoms with Crippen LogP contribution in [-0.2, 0) is 0 Å². The molecular formula is C15H16N2O3. The lowest BCUT2D eigenvalue weighted by molar-refractivity contribution is 0.0952. The Labute approximate surface area is 116 Å². The number of carbonyl (C=O) groups is 1. The number of allylic oxidation sites excluding steroid dienone is 2. The van der Waals surface area contributed by atoms with Gasteiger partial charge in [-0.1, -0.05) is 12.2 Å². The number of aromatic hydroxyl groups is 2. The lowest BCUT2D eigenvalue weighted by atomic mass is 9.95. The molecule has 3 atom stereocenters. The summed E-state index contributed by atoms with van der Waals surface area (Å²) in [7, 11) is 0. The van der Waals surface area contributed by atoms with Gasteiger partial charge in [-0.2, -0.15) is 5.10 Å². The van der Waals surface area contributed by atoms with Crippen LogP contribution in [-0.4, -0.2) is 22.3 Å². The number of rotatable bonds is 3. The van der Waals surface area contributed by atoms with Crippen LogP contribution in [0.5, 0.6) is 11.5 Å². The van der Waals surface area contributed by atoms with Crippen molar-refractivity contribution in [2.45, 2.75) is 12.8 Å². The maximum atomic E-state index is 11.8. The van der Waals surface area contributed by atoms with E-state index in [1.807, 2.05) is 0 Å². The van der Waals surface area contributed by atoms with Gasteiger partial charge in [0.05, 0.1) is 5.56 Å². The van der Waals surface area contributed by atoms with E-state index in [2.05, 4.69) is 22.7 Å². The molecule has 0 radical (unpaired) electrons. The minimum atomic E-state index is -0.488. The summed E-state index contributed by atoms with van der Waals surface area (Å²) < 4.78 is 0. The lowest BCUT2D eigenvalue weighted by Gasteiger charge is -2.12. The van der Waals surface area contributed by atoms with Gasteiger partial charge in [0.2, 0.25) is 0 Å². The molecule has 1 saturated carbocycles. The first-order valence-electron chi connectivity index (χ1n) is 6.67. The van der Waals surface area contributed by atoms with E-state index >= 15 is 0 Å². The largest absolute Gasteiger partial charge is 0.508 e. The fraction of sp³-hybridized carbons (Fsp3) is 0.333. The molecule has 1 fully saturated rings. The second-order valence-electron chi connectivity index (χ2n) is 5.36. The normalized spacial score (nSPS) is 27.3. The molecule has 2 aliphatic carbocycles. The van der Waals surface area contributed by atoms with E-state index in [1.165, 1.54) is 18.6 Å². The highest BCUT2D eigenvalue weighted by Crippen LogP contribution is 2.42. The molecule has 2 aliphatic rings. The number of phenols is 2. The molecule has 0 saturated heterocycles. The Kier molecular flexibility index (Phi) is 3.18. The Morgan fingerprint density at radius 3 is 2.80 bits per heavy atom. The first-order chi connectivity index (χ1) is 9.63. The lowest BCUT2D eigenvalue weighted by Crippen LogP contribution is -2.19. The molecule has 0 aliphatic heterocycles. The maximum Gasteiger partial charge on any atom is 0.275 e. The van der Waals surface area contributed by atoms with Gasteiger partial charge in [0.1, 0.15) is 11.5 Å². The Bertz CT molecular complexity index is 595. The van der Waals surface area contributed by atoms with Crippen LogP contribution in [0.15, 0.2) is 35.5 Å². The molecule has 0 aromatic heterocycles. The van der Waals surface area contributed by atoms with E-state index in [0.29, 0.717) is 17.8 Å². The van der Waals surface area contributed by atoms with Gasteiger partial charge < -0.3 is 10.2 Å². The summed E-state index contributed by atoms with van der Waals surface area (Å²) in [6.07, 6.45) is 8.53. The minimum Gasteiger partial charge on any atom is -0.508 e. The molecule has 5 heteroatoms. The fourth-order valence-electron chi connectivity index (χ4n) is 2.96. The van der Waals surface area contributed by atoms with Gasteiger partial charge >= 0.3 is 0 Å².